The Kier molecular flexibility index (Phi) is 3.55. The Morgan fingerprint density at radius 3 is 2.43 bits per heavy atom. The predicted octanol–water partition coefficient (Wildman–Crippen LogP) is 0.480. The minimum atomic E-state index is -1.81. The number of halogens is 2. The van der Waals surface area contributed by atoms with Crippen molar-refractivity contribution in [2.45, 2.75) is 0 Å². The summed E-state index contributed by atoms with van der Waals surface area (Å²) in [5, 5.41) is 26.4. The van der Waals surface area contributed by atoms with E-state index in [0.29, 0.717) is 4.47 Å². The summed E-state index contributed by atoms with van der Waals surface area (Å²) in [5.41, 5.74) is -0.218. The van der Waals surface area contributed by atoms with Crippen molar-refractivity contribution in [3.8, 4) is 0 Å². The first-order valence-electron chi connectivity index (χ1n) is 3.52. The maximum Gasteiger partial charge on any atom is 0.491 e. The van der Waals surface area contributed by atoms with E-state index < -0.39 is 13.1 Å². The van der Waals surface area contributed by atoms with Gasteiger partial charge in [0.1, 0.15) is 0 Å². The van der Waals surface area contributed by atoms with Crippen LogP contribution in [0.4, 0.5) is 0 Å². The zero-order chi connectivity index (χ0) is 10.9. The highest BCUT2D eigenvalue weighted by Crippen LogP contribution is 2.19. The van der Waals surface area contributed by atoms with Crippen LogP contribution in [0.5, 0.6) is 0 Å². The lowest BCUT2D eigenvalue weighted by atomic mass is 9.79. The van der Waals surface area contributed by atoms with Gasteiger partial charge in [0, 0.05) is 9.94 Å². The predicted molar refractivity (Wildman–Crippen MR) is 55.9 cm³/mol. The number of carbonyl (C=O) groups is 1. The fraction of sp³-hybridized carbons (Fsp3) is 0. The summed E-state index contributed by atoms with van der Waals surface area (Å²) in [4.78, 5) is 10.6. The molecular weight excluding hydrogens is 274 g/mol. The van der Waals surface area contributed by atoms with Gasteiger partial charge in [0.2, 0.25) is 0 Å². The molecule has 0 aliphatic carbocycles. The van der Waals surface area contributed by atoms with Gasteiger partial charge in [0.25, 0.3) is 0 Å². The van der Waals surface area contributed by atoms with Gasteiger partial charge in [-0.1, -0.05) is 27.5 Å². The molecule has 1 aromatic carbocycles. The van der Waals surface area contributed by atoms with Gasteiger partial charge in [-0.05, 0) is 12.1 Å². The molecule has 0 aliphatic heterocycles. The van der Waals surface area contributed by atoms with E-state index in [1.807, 2.05) is 0 Å². The van der Waals surface area contributed by atoms with Gasteiger partial charge in [-0.2, -0.15) is 0 Å². The van der Waals surface area contributed by atoms with E-state index in [4.69, 9.17) is 26.8 Å². The number of aromatic carboxylic acids is 1. The summed E-state index contributed by atoms with van der Waals surface area (Å²) in [6.07, 6.45) is 0. The average Bonchev–Trinajstić information content (AvgIpc) is 2.02. The van der Waals surface area contributed by atoms with Gasteiger partial charge in [-0.15, -0.1) is 0 Å². The topological polar surface area (TPSA) is 77.8 Å². The van der Waals surface area contributed by atoms with E-state index in [1.54, 1.807) is 0 Å². The van der Waals surface area contributed by atoms with Gasteiger partial charge >= 0.3 is 13.1 Å². The minimum absolute atomic E-state index is 0.0495. The lowest BCUT2D eigenvalue weighted by Crippen LogP contribution is -2.33. The summed E-state index contributed by atoms with van der Waals surface area (Å²) < 4.78 is 0.350. The molecule has 0 saturated carbocycles. The van der Waals surface area contributed by atoms with E-state index in [-0.39, 0.29) is 16.0 Å². The van der Waals surface area contributed by atoms with Crippen LogP contribution in [0.2, 0.25) is 5.02 Å². The second-order valence-corrected chi connectivity index (χ2v) is 3.73. The summed E-state index contributed by atoms with van der Waals surface area (Å²) >= 11 is 8.71. The fourth-order valence-electron chi connectivity index (χ4n) is 0.971. The molecule has 7 heteroatoms. The number of rotatable bonds is 2. The SMILES string of the molecule is O=C(O)c1ccc(Br)c(B(O)O)c1Cl. The van der Waals surface area contributed by atoms with E-state index in [1.165, 1.54) is 12.1 Å². The molecule has 0 saturated heterocycles. The number of benzene rings is 1. The van der Waals surface area contributed by atoms with Gasteiger partial charge in [-0.25, -0.2) is 4.79 Å². The van der Waals surface area contributed by atoms with E-state index in [2.05, 4.69) is 15.9 Å². The Labute approximate surface area is 93.4 Å². The van der Waals surface area contributed by atoms with Crippen molar-refractivity contribution in [3.05, 3.63) is 27.2 Å². The Bertz CT molecular complexity index is 382. The Morgan fingerprint density at radius 2 is 2.00 bits per heavy atom. The standard InChI is InChI=1S/C7H5BBrClO4/c9-4-2-1-3(7(11)12)6(10)5(4)8(13)14/h1-2,13-14H,(H,11,12). The van der Waals surface area contributed by atoms with E-state index >= 15 is 0 Å². The molecule has 0 aliphatic rings. The maximum absolute atomic E-state index is 10.6. The molecule has 0 aromatic heterocycles. The van der Waals surface area contributed by atoms with Gasteiger partial charge in [0.15, 0.2) is 0 Å². The molecule has 0 fully saturated rings. The summed E-state index contributed by atoms with van der Waals surface area (Å²) in [6, 6.07) is 2.67. The van der Waals surface area contributed by atoms with Gasteiger partial charge < -0.3 is 15.2 Å². The molecule has 1 rings (SSSR count). The minimum Gasteiger partial charge on any atom is -0.478 e. The van der Waals surface area contributed by atoms with Crippen LogP contribution in [0.1, 0.15) is 10.4 Å². The maximum atomic E-state index is 10.6. The molecule has 4 nitrogen and oxygen atoms in total. The average molecular weight is 279 g/mol. The Morgan fingerprint density at radius 1 is 1.43 bits per heavy atom. The molecule has 0 amide bonds. The molecule has 1 aromatic rings. The molecule has 0 unspecified atom stereocenters. The molecule has 0 heterocycles. The van der Waals surface area contributed by atoms with E-state index in [0.717, 1.165) is 0 Å². The molecular formula is C7H5BBrClO4. The fourth-order valence-corrected chi connectivity index (χ4v) is 1.96. The van der Waals surface area contributed by atoms with Crippen LogP contribution >= 0.6 is 27.5 Å². The van der Waals surface area contributed by atoms with Crippen molar-refractivity contribution in [1.29, 1.82) is 0 Å². The molecule has 14 heavy (non-hydrogen) atoms. The molecule has 74 valence electrons. The van der Waals surface area contributed by atoms with Crippen LogP contribution in [0, 0.1) is 0 Å². The normalized spacial score (nSPS) is 10.0. The van der Waals surface area contributed by atoms with Crippen LogP contribution < -0.4 is 5.46 Å². The van der Waals surface area contributed by atoms with Crippen molar-refractivity contribution < 1.29 is 19.9 Å². The van der Waals surface area contributed by atoms with Crippen LogP contribution in [0.15, 0.2) is 16.6 Å². The van der Waals surface area contributed by atoms with Gasteiger partial charge in [0.05, 0.1) is 10.6 Å². The van der Waals surface area contributed by atoms with Crippen molar-refractivity contribution in [1.82, 2.24) is 0 Å². The number of carboxylic acids is 1. The van der Waals surface area contributed by atoms with Crippen LogP contribution in [-0.2, 0) is 0 Å². The first kappa shape index (κ1) is 11.5. The zero-order valence-electron chi connectivity index (χ0n) is 6.74. The van der Waals surface area contributed by atoms with Crippen molar-refractivity contribution in [2.75, 3.05) is 0 Å². The van der Waals surface area contributed by atoms with Crippen molar-refractivity contribution in [2.24, 2.45) is 0 Å². The van der Waals surface area contributed by atoms with E-state index in [9.17, 15) is 4.79 Å². The largest absolute Gasteiger partial charge is 0.491 e. The number of hydrogen-bond donors (Lipinski definition) is 3. The quantitative estimate of drug-likeness (QED) is 0.688. The van der Waals surface area contributed by atoms with Crippen molar-refractivity contribution >= 4 is 46.1 Å². The highest BCUT2D eigenvalue weighted by atomic mass is 79.9. The zero-order valence-corrected chi connectivity index (χ0v) is 9.08. The Balaban J connectivity index is 3.41. The smallest absolute Gasteiger partial charge is 0.478 e. The highest BCUT2D eigenvalue weighted by molar-refractivity contribution is 9.10. The Hall–Kier alpha value is -0.555. The lowest BCUT2D eigenvalue weighted by Gasteiger charge is -2.07. The molecule has 3 N–H and O–H groups in total. The number of hydrogen-bond acceptors (Lipinski definition) is 3. The van der Waals surface area contributed by atoms with Crippen molar-refractivity contribution in [3.63, 3.8) is 0 Å². The third-order valence-corrected chi connectivity index (χ3v) is 2.71. The second kappa shape index (κ2) is 4.31. The lowest BCUT2D eigenvalue weighted by molar-refractivity contribution is 0.0697. The second-order valence-electron chi connectivity index (χ2n) is 2.50. The molecule has 0 radical (unpaired) electrons. The highest BCUT2D eigenvalue weighted by Gasteiger charge is 2.23. The molecule has 0 atom stereocenters. The van der Waals surface area contributed by atoms with Crippen LogP contribution in [0.3, 0.4) is 0 Å². The monoisotopic (exact) mass is 278 g/mol. The molecule has 0 bridgehead atoms. The third-order valence-electron chi connectivity index (χ3n) is 1.62. The first-order chi connectivity index (χ1) is 6.45. The summed E-state index contributed by atoms with van der Waals surface area (Å²) in [6.45, 7) is 0. The molecule has 0 spiro atoms. The number of carboxylic acid groups (broad SMARTS) is 1. The summed E-state index contributed by atoms with van der Waals surface area (Å²) in [7, 11) is -1.81. The summed E-state index contributed by atoms with van der Waals surface area (Å²) in [5.74, 6) is -1.22. The third kappa shape index (κ3) is 2.09. The van der Waals surface area contributed by atoms with Crippen LogP contribution in [0.25, 0.3) is 0 Å². The van der Waals surface area contributed by atoms with Gasteiger partial charge in [-0.3, -0.25) is 0 Å². The van der Waals surface area contributed by atoms with Crippen LogP contribution in [-0.4, -0.2) is 28.2 Å². The first-order valence-corrected chi connectivity index (χ1v) is 4.69.